The third-order valence-corrected chi connectivity index (χ3v) is 4.09. The van der Waals surface area contributed by atoms with Crippen LogP contribution >= 0.6 is 0 Å². The third-order valence-electron chi connectivity index (χ3n) is 4.09. The minimum Gasteiger partial charge on any atom is -0.381 e. The van der Waals surface area contributed by atoms with Crippen molar-refractivity contribution in [1.82, 2.24) is 15.3 Å². The van der Waals surface area contributed by atoms with Crippen molar-refractivity contribution in [2.24, 2.45) is 11.1 Å². The Morgan fingerprint density at radius 2 is 1.89 bits per heavy atom. The van der Waals surface area contributed by atoms with E-state index in [9.17, 15) is 4.79 Å². The monoisotopic (exact) mass is 256 g/mol. The molecule has 6 nitrogen and oxygen atoms in total. The number of carbonyl (C=O) groups is 1. The van der Waals surface area contributed by atoms with Gasteiger partial charge in [0.15, 0.2) is 0 Å². The highest BCUT2D eigenvalue weighted by Crippen LogP contribution is 2.29. The van der Waals surface area contributed by atoms with Crippen molar-refractivity contribution in [3.05, 3.63) is 0 Å². The maximum atomic E-state index is 12.4. The fraction of sp³-hybridized carbons (Fsp3) is 0.917. The fourth-order valence-corrected chi connectivity index (χ4v) is 2.47. The van der Waals surface area contributed by atoms with E-state index in [1.54, 1.807) is 0 Å². The molecule has 0 bridgehead atoms. The Balaban J connectivity index is 1.89. The van der Waals surface area contributed by atoms with E-state index < -0.39 is 5.41 Å². The van der Waals surface area contributed by atoms with Crippen LogP contribution in [0.1, 0.15) is 12.8 Å². The predicted molar refractivity (Wildman–Crippen MR) is 68.8 cm³/mol. The molecule has 0 aromatic rings. The van der Waals surface area contributed by atoms with Gasteiger partial charge in [0, 0.05) is 45.9 Å². The summed E-state index contributed by atoms with van der Waals surface area (Å²) in [6, 6.07) is 0. The summed E-state index contributed by atoms with van der Waals surface area (Å²) >= 11 is 0. The Labute approximate surface area is 108 Å². The van der Waals surface area contributed by atoms with Gasteiger partial charge >= 0.3 is 0 Å². The minimum atomic E-state index is -0.429. The molecule has 104 valence electrons. The summed E-state index contributed by atoms with van der Waals surface area (Å²) in [6.45, 7) is 5.38. The predicted octanol–water partition coefficient (Wildman–Crippen LogP) is -0.979. The van der Waals surface area contributed by atoms with Crippen LogP contribution < -0.4 is 11.2 Å². The molecule has 0 aromatic carbocycles. The normalized spacial score (nSPS) is 25.9. The van der Waals surface area contributed by atoms with Crippen molar-refractivity contribution in [1.29, 1.82) is 0 Å². The van der Waals surface area contributed by atoms with Gasteiger partial charge in [-0.15, -0.1) is 0 Å². The Hall–Kier alpha value is -0.690. The van der Waals surface area contributed by atoms with Crippen LogP contribution in [-0.2, 0) is 9.53 Å². The standard InChI is InChI=1S/C12H24N4O2/c1-15-4-6-16(7-5-15)14-11(17)12(10-13)2-8-18-9-3-12/h2-10,13H2,1H3,(H,14,17). The lowest BCUT2D eigenvalue weighted by molar-refractivity contribution is -0.142. The van der Waals surface area contributed by atoms with E-state index in [2.05, 4.69) is 17.4 Å². The maximum Gasteiger partial charge on any atom is 0.241 e. The summed E-state index contributed by atoms with van der Waals surface area (Å²) in [5, 5.41) is 2.01. The molecular formula is C12H24N4O2. The summed E-state index contributed by atoms with van der Waals surface area (Å²) < 4.78 is 5.32. The van der Waals surface area contributed by atoms with E-state index >= 15 is 0 Å². The molecule has 2 rings (SSSR count). The van der Waals surface area contributed by atoms with E-state index in [-0.39, 0.29) is 5.91 Å². The molecule has 2 fully saturated rings. The number of likely N-dealkylation sites (N-methyl/N-ethyl adjacent to an activating group) is 1. The molecule has 0 spiro atoms. The van der Waals surface area contributed by atoms with E-state index in [1.807, 2.05) is 5.01 Å². The summed E-state index contributed by atoms with van der Waals surface area (Å²) in [5.41, 5.74) is 8.43. The molecule has 2 heterocycles. The molecule has 1 amide bonds. The number of nitrogens with one attached hydrogen (secondary N) is 1. The smallest absolute Gasteiger partial charge is 0.241 e. The number of piperazine rings is 1. The zero-order valence-electron chi connectivity index (χ0n) is 11.2. The minimum absolute atomic E-state index is 0.0675. The third kappa shape index (κ3) is 3.00. The highest BCUT2D eigenvalue weighted by molar-refractivity contribution is 5.82. The first kappa shape index (κ1) is 13.7. The number of ether oxygens (including phenoxy) is 1. The van der Waals surface area contributed by atoms with E-state index in [4.69, 9.17) is 10.5 Å². The Bertz CT molecular complexity index is 284. The zero-order chi connectivity index (χ0) is 13.0. The number of hydrogen-bond donors (Lipinski definition) is 2. The zero-order valence-corrected chi connectivity index (χ0v) is 11.2. The summed E-state index contributed by atoms with van der Waals surface area (Å²) in [7, 11) is 2.10. The number of rotatable bonds is 3. The molecule has 2 saturated heterocycles. The van der Waals surface area contributed by atoms with Crippen molar-refractivity contribution in [2.75, 3.05) is 53.0 Å². The van der Waals surface area contributed by atoms with E-state index in [1.165, 1.54) is 0 Å². The van der Waals surface area contributed by atoms with Crippen LogP contribution in [0.5, 0.6) is 0 Å². The lowest BCUT2D eigenvalue weighted by Gasteiger charge is -2.38. The lowest BCUT2D eigenvalue weighted by atomic mass is 9.79. The Morgan fingerprint density at radius 1 is 1.28 bits per heavy atom. The second-order valence-corrected chi connectivity index (χ2v) is 5.33. The van der Waals surface area contributed by atoms with E-state index in [0.29, 0.717) is 19.8 Å². The van der Waals surface area contributed by atoms with Crippen LogP contribution in [0.2, 0.25) is 0 Å². The number of nitrogens with zero attached hydrogens (tertiary/aromatic N) is 2. The molecule has 0 saturated carbocycles. The topological polar surface area (TPSA) is 70.8 Å². The SMILES string of the molecule is CN1CCN(NC(=O)C2(CN)CCOCC2)CC1. The second kappa shape index (κ2) is 5.97. The van der Waals surface area contributed by atoms with Gasteiger partial charge in [-0.3, -0.25) is 10.2 Å². The molecule has 0 atom stereocenters. The first-order chi connectivity index (χ1) is 8.66. The van der Waals surface area contributed by atoms with Crippen molar-refractivity contribution in [3.63, 3.8) is 0 Å². The maximum absolute atomic E-state index is 12.4. The average Bonchev–Trinajstić information content (AvgIpc) is 2.42. The van der Waals surface area contributed by atoms with Gasteiger partial charge in [-0.2, -0.15) is 0 Å². The number of hydrazine groups is 1. The van der Waals surface area contributed by atoms with Crippen LogP contribution in [0, 0.1) is 5.41 Å². The molecule has 2 aliphatic rings. The molecule has 2 aliphatic heterocycles. The highest BCUT2D eigenvalue weighted by Gasteiger charge is 2.39. The van der Waals surface area contributed by atoms with Crippen LogP contribution in [0.25, 0.3) is 0 Å². The van der Waals surface area contributed by atoms with Crippen LogP contribution in [-0.4, -0.2) is 68.8 Å². The van der Waals surface area contributed by atoms with Crippen molar-refractivity contribution in [3.8, 4) is 0 Å². The van der Waals surface area contributed by atoms with Crippen LogP contribution in [0.4, 0.5) is 0 Å². The summed E-state index contributed by atoms with van der Waals surface area (Å²) in [4.78, 5) is 14.7. The van der Waals surface area contributed by atoms with E-state index in [0.717, 1.165) is 39.0 Å². The largest absolute Gasteiger partial charge is 0.381 e. The number of amides is 1. The van der Waals surface area contributed by atoms with Crippen molar-refractivity contribution in [2.45, 2.75) is 12.8 Å². The molecule has 3 N–H and O–H groups in total. The fourth-order valence-electron chi connectivity index (χ4n) is 2.47. The van der Waals surface area contributed by atoms with Crippen LogP contribution in [0.15, 0.2) is 0 Å². The van der Waals surface area contributed by atoms with Gasteiger partial charge in [0.05, 0.1) is 5.41 Å². The molecule has 0 aromatic heterocycles. The van der Waals surface area contributed by atoms with Gasteiger partial charge in [0.25, 0.3) is 0 Å². The average molecular weight is 256 g/mol. The molecule has 0 aliphatic carbocycles. The molecular weight excluding hydrogens is 232 g/mol. The van der Waals surface area contributed by atoms with Gasteiger partial charge in [-0.25, -0.2) is 5.01 Å². The number of hydrogen-bond acceptors (Lipinski definition) is 5. The Morgan fingerprint density at radius 3 is 2.44 bits per heavy atom. The summed E-state index contributed by atoms with van der Waals surface area (Å²) in [6.07, 6.45) is 1.45. The quantitative estimate of drug-likeness (QED) is 0.679. The first-order valence-corrected chi connectivity index (χ1v) is 6.69. The summed E-state index contributed by atoms with van der Waals surface area (Å²) in [5.74, 6) is 0.0675. The van der Waals surface area contributed by atoms with Gasteiger partial charge in [0.2, 0.25) is 5.91 Å². The highest BCUT2D eigenvalue weighted by atomic mass is 16.5. The van der Waals surface area contributed by atoms with Gasteiger partial charge < -0.3 is 15.4 Å². The molecule has 0 unspecified atom stereocenters. The van der Waals surface area contributed by atoms with Gasteiger partial charge in [0.1, 0.15) is 0 Å². The Kier molecular flexibility index (Phi) is 4.55. The lowest BCUT2D eigenvalue weighted by Crippen LogP contribution is -2.58. The van der Waals surface area contributed by atoms with Gasteiger partial charge in [-0.1, -0.05) is 0 Å². The van der Waals surface area contributed by atoms with Crippen LogP contribution in [0.3, 0.4) is 0 Å². The molecule has 0 radical (unpaired) electrons. The van der Waals surface area contributed by atoms with Crippen molar-refractivity contribution < 1.29 is 9.53 Å². The first-order valence-electron chi connectivity index (χ1n) is 6.69. The van der Waals surface area contributed by atoms with Crippen molar-refractivity contribution >= 4 is 5.91 Å². The van der Waals surface area contributed by atoms with Gasteiger partial charge in [-0.05, 0) is 19.9 Å². The molecule has 6 heteroatoms. The second-order valence-electron chi connectivity index (χ2n) is 5.33. The number of carbonyl (C=O) groups excluding carboxylic acids is 1. The number of nitrogens with two attached hydrogens (primary N) is 1. The molecule has 18 heavy (non-hydrogen) atoms.